The molecular weight excluding hydrogens is 314 g/mol. The van der Waals surface area contributed by atoms with Crippen molar-refractivity contribution in [2.45, 2.75) is 51.5 Å². The van der Waals surface area contributed by atoms with Gasteiger partial charge in [-0.2, -0.15) is 0 Å². The third-order valence-electron chi connectivity index (χ3n) is 5.63. The van der Waals surface area contributed by atoms with E-state index in [4.69, 9.17) is 0 Å². The lowest BCUT2D eigenvalue weighted by Gasteiger charge is -2.46. The van der Waals surface area contributed by atoms with Gasteiger partial charge in [-0.3, -0.25) is 9.59 Å². The number of nitrogens with zero attached hydrogens (tertiary/aromatic N) is 2. The van der Waals surface area contributed by atoms with Crippen molar-refractivity contribution in [3.8, 4) is 0 Å². The summed E-state index contributed by atoms with van der Waals surface area (Å²) >= 11 is 0. The highest BCUT2D eigenvalue weighted by Crippen LogP contribution is 2.46. The van der Waals surface area contributed by atoms with Crippen LogP contribution in [0.1, 0.15) is 59.4 Å². The lowest BCUT2D eigenvalue weighted by Crippen LogP contribution is -2.45. The van der Waals surface area contributed by atoms with E-state index in [1.807, 2.05) is 11.8 Å². The molecule has 0 unspecified atom stereocenters. The number of aromatic amines is 1. The molecule has 1 aromatic carbocycles. The Morgan fingerprint density at radius 2 is 2.00 bits per heavy atom. The summed E-state index contributed by atoms with van der Waals surface area (Å²) in [6.45, 7) is 4.41. The molecule has 1 fully saturated rings. The highest BCUT2D eigenvalue weighted by atomic mass is 16.2. The largest absolute Gasteiger partial charge is 0.335 e. The molecule has 3 heterocycles. The monoisotopic (exact) mass is 337 g/mol. The van der Waals surface area contributed by atoms with Crippen LogP contribution in [0, 0.1) is 13.8 Å². The molecule has 5 rings (SSSR count). The third-order valence-corrected chi connectivity index (χ3v) is 5.63. The van der Waals surface area contributed by atoms with Crippen molar-refractivity contribution < 1.29 is 4.79 Å². The van der Waals surface area contributed by atoms with Crippen molar-refractivity contribution in [1.82, 2.24) is 14.9 Å². The predicted molar refractivity (Wildman–Crippen MR) is 95.5 cm³/mol. The van der Waals surface area contributed by atoms with Crippen LogP contribution in [0.4, 0.5) is 0 Å². The number of amides is 1. The first-order valence-electron chi connectivity index (χ1n) is 8.99. The van der Waals surface area contributed by atoms with Crippen LogP contribution in [0.5, 0.6) is 0 Å². The van der Waals surface area contributed by atoms with Gasteiger partial charge in [-0.25, -0.2) is 4.98 Å². The van der Waals surface area contributed by atoms with E-state index in [9.17, 15) is 9.59 Å². The Balaban J connectivity index is 1.51. The Labute approximate surface area is 147 Å². The summed E-state index contributed by atoms with van der Waals surface area (Å²) in [7, 11) is 0. The molecule has 25 heavy (non-hydrogen) atoms. The molecule has 1 aromatic heterocycles. The normalized spacial score (nSPS) is 21.3. The van der Waals surface area contributed by atoms with Crippen molar-refractivity contribution in [1.29, 1.82) is 0 Å². The van der Waals surface area contributed by atoms with E-state index in [0.29, 0.717) is 30.1 Å². The number of fused-ring (bicyclic) bond motifs is 2. The zero-order valence-electron chi connectivity index (χ0n) is 14.7. The number of carbonyl (C=O) groups excluding carboxylic acids is 1. The number of aromatic nitrogens is 2. The summed E-state index contributed by atoms with van der Waals surface area (Å²) in [6.07, 6.45) is 3.01. The van der Waals surface area contributed by atoms with Gasteiger partial charge in [0.25, 0.3) is 5.56 Å². The predicted octanol–water partition coefficient (Wildman–Crippen LogP) is 2.78. The number of rotatable bonds is 3. The van der Waals surface area contributed by atoms with E-state index >= 15 is 0 Å². The van der Waals surface area contributed by atoms with Crippen molar-refractivity contribution in [2.75, 3.05) is 6.54 Å². The highest BCUT2D eigenvalue weighted by molar-refractivity contribution is 5.78. The summed E-state index contributed by atoms with van der Waals surface area (Å²) in [5.74, 6) is 1.21. The van der Waals surface area contributed by atoms with E-state index < -0.39 is 0 Å². The zero-order chi connectivity index (χ0) is 17.6. The maximum absolute atomic E-state index is 12.9. The van der Waals surface area contributed by atoms with Crippen LogP contribution in [0.15, 0.2) is 29.1 Å². The Bertz CT molecular complexity index is 887. The molecule has 0 radical (unpaired) electrons. The standard InChI is InChI=1S/C20H23N3O2/c1-12-15(20(25)22-13(2)21-12)8-10-19(24)23-11-14-7-9-18(23)17-6-4-3-5-16(14)17/h3-6,14,18H,7-11H2,1-2H3,(H,21,22,25)/t14-,18+/m1/s1. The number of aryl methyl sites for hydroxylation is 2. The van der Waals surface area contributed by atoms with E-state index in [2.05, 4.69) is 34.2 Å². The number of piperidine rings is 1. The summed E-state index contributed by atoms with van der Waals surface area (Å²) in [5, 5.41) is 0. The second-order valence-electron chi connectivity index (χ2n) is 7.18. The smallest absolute Gasteiger partial charge is 0.254 e. The number of nitrogens with one attached hydrogen (secondary N) is 1. The minimum absolute atomic E-state index is 0.122. The van der Waals surface area contributed by atoms with Gasteiger partial charge in [-0.1, -0.05) is 24.3 Å². The number of benzene rings is 1. The maximum atomic E-state index is 12.9. The molecule has 1 N–H and O–H groups in total. The first kappa shape index (κ1) is 16.1. The zero-order valence-corrected chi connectivity index (χ0v) is 14.7. The SMILES string of the molecule is Cc1nc(C)c(CCC(=O)N2C[C@H]3CC[C@H]2c2ccccc23)c(=O)[nH]1. The second-order valence-corrected chi connectivity index (χ2v) is 7.18. The van der Waals surface area contributed by atoms with Crippen LogP contribution in [-0.2, 0) is 11.2 Å². The Kier molecular flexibility index (Phi) is 3.94. The average Bonchev–Trinajstić information content (AvgIpc) is 2.61. The molecule has 2 aliphatic heterocycles. The van der Waals surface area contributed by atoms with Crippen molar-refractivity contribution in [3.05, 3.63) is 62.8 Å². The minimum atomic E-state index is -0.122. The molecule has 2 atom stereocenters. The van der Waals surface area contributed by atoms with Gasteiger partial charge >= 0.3 is 0 Å². The molecule has 2 aromatic rings. The fraction of sp³-hybridized carbons (Fsp3) is 0.450. The average molecular weight is 337 g/mol. The summed E-state index contributed by atoms with van der Waals surface area (Å²) in [4.78, 5) is 34.0. The van der Waals surface area contributed by atoms with E-state index in [1.54, 1.807) is 6.92 Å². The van der Waals surface area contributed by atoms with Crippen LogP contribution in [0.3, 0.4) is 0 Å². The van der Waals surface area contributed by atoms with E-state index in [0.717, 1.165) is 25.1 Å². The minimum Gasteiger partial charge on any atom is -0.335 e. The maximum Gasteiger partial charge on any atom is 0.254 e. The Hall–Kier alpha value is -2.43. The second kappa shape index (κ2) is 6.14. The Morgan fingerprint density at radius 3 is 2.76 bits per heavy atom. The van der Waals surface area contributed by atoms with E-state index in [1.165, 1.54) is 11.1 Å². The van der Waals surface area contributed by atoms with Crippen molar-refractivity contribution in [3.63, 3.8) is 0 Å². The third kappa shape index (κ3) is 2.77. The lowest BCUT2D eigenvalue weighted by atomic mass is 9.75. The molecule has 1 amide bonds. The van der Waals surface area contributed by atoms with Crippen molar-refractivity contribution in [2.24, 2.45) is 0 Å². The molecule has 1 saturated heterocycles. The quantitative estimate of drug-likeness (QED) is 0.936. The molecule has 3 aliphatic rings. The molecule has 2 bridgehead atoms. The molecule has 5 heteroatoms. The van der Waals surface area contributed by atoms with Crippen LogP contribution in [0.2, 0.25) is 0 Å². The van der Waals surface area contributed by atoms with Crippen LogP contribution >= 0.6 is 0 Å². The number of hydrogen-bond acceptors (Lipinski definition) is 3. The molecular formula is C20H23N3O2. The van der Waals surface area contributed by atoms with E-state index in [-0.39, 0.29) is 17.5 Å². The van der Waals surface area contributed by atoms with Gasteiger partial charge in [0.2, 0.25) is 5.91 Å². The van der Waals surface area contributed by atoms with Gasteiger partial charge in [0.05, 0.1) is 6.04 Å². The fourth-order valence-electron chi connectivity index (χ4n) is 4.43. The number of H-pyrrole nitrogens is 1. The number of carbonyl (C=O) groups is 1. The summed E-state index contributed by atoms with van der Waals surface area (Å²) < 4.78 is 0. The molecule has 0 saturated carbocycles. The molecule has 0 spiro atoms. The highest BCUT2D eigenvalue weighted by Gasteiger charge is 2.39. The van der Waals surface area contributed by atoms with Gasteiger partial charge in [-0.05, 0) is 44.2 Å². The van der Waals surface area contributed by atoms with Gasteiger partial charge < -0.3 is 9.88 Å². The molecule has 1 aliphatic carbocycles. The molecule has 5 nitrogen and oxygen atoms in total. The first-order chi connectivity index (χ1) is 12.0. The van der Waals surface area contributed by atoms with Crippen molar-refractivity contribution >= 4 is 5.91 Å². The van der Waals surface area contributed by atoms with Gasteiger partial charge in [0, 0.05) is 30.1 Å². The fourth-order valence-corrected chi connectivity index (χ4v) is 4.43. The number of hydrogen-bond donors (Lipinski definition) is 1. The van der Waals surface area contributed by atoms with Crippen LogP contribution in [0.25, 0.3) is 0 Å². The Morgan fingerprint density at radius 1 is 1.24 bits per heavy atom. The van der Waals surface area contributed by atoms with Gasteiger partial charge in [-0.15, -0.1) is 0 Å². The first-order valence-corrected chi connectivity index (χ1v) is 8.99. The van der Waals surface area contributed by atoms with Crippen LogP contribution < -0.4 is 5.56 Å². The molecule has 130 valence electrons. The van der Waals surface area contributed by atoms with Crippen LogP contribution in [-0.4, -0.2) is 27.3 Å². The lowest BCUT2D eigenvalue weighted by molar-refractivity contribution is -0.136. The summed E-state index contributed by atoms with van der Waals surface area (Å²) in [5.41, 5.74) is 3.95. The summed E-state index contributed by atoms with van der Waals surface area (Å²) in [6, 6.07) is 8.71. The topological polar surface area (TPSA) is 66.1 Å². The van der Waals surface area contributed by atoms with Gasteiger partial charge in [0.1, 0.15) is 5.82 Å². The van der Waals surface area contributed by atoms with Gasteiger partial charge in [0.15, 0.2) is 0 Å².